The van der Waals surface area contributed by atoms with E-state index in [-0.39, 0.29) is 12.0 Å². The number of para-hydroxylation sites is 1. The molecule has 3 atom stereocenters. The van der Waals surface area contributed by atoms with E-state index in [0.29, 0.717) is 11.5 Å². The van der Waals surface area contributed by atoms with E-state index >= 15 is 0 Å². The average molecular weight is 310 g/mol. The fourth-order valence-electron chi connectivity index (χ4n) is 2.24. The van der Waals surface area contributed by atoms with Crippen LogP contribution in [0.5, 0.6) is 0 Å². The van der Waals surface area contributed by atoms with Gasteiger partial charge in [-0.3, -0.25) is 14.3 Å². The van der Waals surface area contributed by atoms with Crippen molar-refractivity contribution in [3.8, 4) is 0 Å². The van der Waals surface area contributed by atoms with Crippen molar-refractivity contribution < 1.29 is 13.7 Å². The number of methoxy groups -OCH3 is 1. The summed E-state index contributed by atoms with van der Waals surface area (Å²) in [4.78, 5) is 16.2. The predicted octanol–water partition coefficient (Wildman–Crippen LogP) is 1.23. The molecule has 1 aliphatic rings. The SMILES string of the molecule is COC(=O)C1CS(=O)CC(c2nc3ccccc3s2)N1. The van der Waals surface area contributed by atoms with Gasteiger partial charge in [-0.15, -0.1) is 11.3 Å². The summed E-state index contributed by atoms with van der Waals surface area (Å²) in [6, 6.07) is 7.18. The second kappa shape index (κ2) is 5.59. The lowest BCUT2D eigenvalue weighted by Crippen LogP contribution is -2.49. The Morgan fingerprint density at radius 2 is 2.25 bits per heavy atom. The van der Waals surface area contributed by atoms with Crippen molar-refractivity contribution in [2.45, 2.75) is 12.1 Å². The molecule has 0 aliphatic carbocycles. The second-order valence-electron chi connectivity index (χ2n) is 4.59. The number of carbonyl (C=O) groups is 1. The first-order chi connectivity index (χ1) is 9.67. The van der Waals surface area contributed by atoms with E-state index in [1.54, 1.807) is 11.3 Å². The van der Waals surface area contributed by atoms with Crippen LogP contribution in [0.3, 0.4) is 0 Å². The van der Waals surface area contributed by atoms with Crippen molar-refractivity contribution >= 4 is 38.3 Å². The first-order valence-electron chi connectivity index (χ1n) is 6.21. The van der Waals surface area contributed by atoms with E-state index in [4.69, 9.17) is 4.74 Å². The molecule has 20 heavy (non-hydrogen) atoms. The number of carbonyl (C=O) groups excluding carboxylic acids is 1. The lowest BCUT2D eigenvalue weighted by molar-refractivity contribution is -0.142. The summed E-state index contributed by atoms with van der Waals surface area (Å²) >= 11 is 1.57. The fourth-order valence-corrected chi connectivity index (χ4v) is 4.74. The topological polar surface area (TPSA) is 68.3 Å². The van der Waals surface area contributed by atoms with Crippen LogP contribution < -0.4 is 5.32 Å². The number of ether oxygens (including phenoxy) is 1. The quantitative estimate of drug-likeness (QED) is 0.845. The zero-order chi connectivity index (χ0) is 14.1. The number of fused-ring (bicyclic) bond motifs is 1. The van der Waals surface area contributed by atoms with Crippen LogP contribution in [0.1, 0.15) is 11.0 Å². The molecule has 2 heterocycles. The van der Waals surface area contributed by atoms with Crippen molar-refractivity contribution in [2.24, 2.45) is 0 Å². The highest BCUT2D eigenvalue weighted by molar-refractivity contribution is 7.85. The summed E-state index contributed by atoms with van der Waals surface area (Å²) in [6.07, 6.45) is 0. The molecule has 0 saturated carbocycles. The van der Waals surface area contributed by atoms with Gasteiger partial charge in [0, 0.05) is 22.3 Å². The monoisotopic (exact) mass is 310 g/mol. The van der Waals surface area contributed by atoms with Gasteiger partial charge in [0.2, 0.25) is 0 Å². The number of aromatic nitrogens is 1. The largest absolute Gasteiger partial charge is 0.468 e. The molecule has 0 amide bonds. The Kier molecular flexibility index (Phi) is 3.82. The Bertz CT molecular complexity index is 637. The van der Waals surface area contributed by atoms with Crippen LogP contribution in [0.15, 0.2) is 24.3 Å². The van der Waals surface area contributed by atoms with E-state index in [0.717, 1.165) is 15.2 Å². The molecule has 3 unspecified atom stereocenters. The lowest BCUT2D eigenvalue weighted by Gasteiger charge is -2.27. The van der Waals surface area contributed by atoms with Gasteiger partial charge >= 0.3 is 5.97 Å². The molecule has 1 aromatic carbocycles. The number of hydrogen-bond donors (Lipinski definition) is 1. The molecule has 1 N–H and O–H groups in total. The Balaban J connectivity index is 1.88. The highest BCUT2D eigenvalue weighted by Gasteiger charge is 2.33. The lowest BCUT2D eigenvalue weighted by atomic mass is 10.2. The minimum Gasteiger partial charge on any atom is -0.468 e. The van der Waals surface area contributed by atoms with Gasteiger partial charge in [0.15, 0.2) is 0 Å². The Labute approximate surface area is 122 Å². The highest BCUT2D eigenvalue weighted by Crippen LogP contribution is 2.28. The third kappa shape index (κ3) is 2.61. The summed E-state index contributed by atoms with van der Waals surface area (Å²) in [5.41, 5.74) is 0.931. The van der Waals surface area contributed by atoms with Crippen molar-refractivity contribution in [3.63, 3.8) is 0 Å². The summed E-state index contributed by atoms with van der Waals surface area (Å²) in [6.45, 7) is 0. The summed E-state index contributed by atoms with van der Waals surface area (Å²) in [5.74, 6) is 0.408. The second-order valence-corrected chi connectivity index (χ2v) is 7.20. The summed E-state index contributed by atoms with van der Waals surface area (Å²) in [7, 11) is 0.300. The Hall–Kier alpha value is -1.31. The molecule has 0 bridgehead atoms. The van der Waals surface area contributed by atoms with Crippen LogP contribution in [-0.2, 0) is 20.3 Å². The van der Waals surface area contributed by atoms with Gasteiger partial charge in [-0.1, -0.05) is 12.1 Å². The van der Waals surface area contributed by atoms with Crippen LogP contribution in [-0.4, -0.2) is 39.8 Å². The van der Waals surface area contributed by atoms with Crippen LogP contribution in [0.2, 0.25) is 0 Å². The van der Waals surface area contributed by atoms with E-state index in [1.165, 1.54) is 7.11 Å². The molecule has 3 rings (SSSR count). The number of esters is 1. The third-order valence-corrected chi connectivity index (χ3v) is 5.76. The van der Waals surface area contributed by atoms with Crippen molar-refractivity contribution in [2.75, 3.05) is 18.6 Å². The molecule has 5 nitrogen and oxygen atoms in total. The highest BCUT2D eigenvalue weighted by atomic mass is 32.2. The number of benzene rings is 1. The zero-order valence-electron chi connectivity index (χ0n) is 10.9. The Morgan fingerprint density at radius 3 is 3.00 bits per heavy atom. The van der Waals surface area contributed by atoms with Gasteiger partial charge in [-0.25, -0.2) is 4.98 Å². The van der Waals surface area contributed by atoms with Crippen molar-refractivity contribution in [3.05, 3.63) is 29.3 Å². The average Bonchev–Trinajstić information content (AvgIpc) is 2.89. The molecule has 2 aromatic rings. The van der Waals surface area contributed by atoms with E-state index in [1.807, 2.05) is 24.3 Å². The maximum Gasteiger partial charge on any atom is 0.323 e. The number of hydrogen-bond acceptors (Lipinski definition) is 6. The van der Waals surface area contributed by atoms with Crippen LogP contribution >= 0.6 is 11.3 Å². The molecule has 106 valence electrons. The molecule has 0 spiro atoms. The maximum atomic E-state index is 11.9. The van der Waals surface area contributed by atoms with Crippen molar-refractivity contribution in [1.29, 1.82) is 0 Å². The predicted molar refractivity (Wildman–Crippen MR) is 79.2 cm³/mol. The third-order valence-electron chi connectivity index (χ3n) is 3.20. The number of nitrogens with one attached hydrogen (secondary N) is 1. The normalized spacial score (nSPS) is 26.6. The number of thiazole rings is 1. The molecular weight excluding hydrogens is 296 g/mol. The van der Waals surface area contributed by atoms with E-state index in [2.05, 4.69) is 10.3 Å². The van der Waals surface area contributed by atoms with Gasteiger partial charge in [0.05, 0.1) is 23.4 Å². The van der Waals surface area contributed by atoms with Gasteiger partial charge in [-0.05, 0) is 12.1 Å². The zero-order valence-corrected chi connectivity index (χ0v) is 12.5. The van der Waals surface area contributed by atoms with Crippen LogP contribution in [0, 0.1) is 0 Å². The number of nitrogens with zero attached hydrogens (tertiary/aromatic N) is 1. The Morgan fingerprint density at radius 1 is 1.45 bits per heavy atom. The van der Waals surface area contributed by atoms with Gasteiger partial charge in [0.25, 0.3) is 0 Å². The molecular formula is C13H14N2O3S2. The summed E-state index contributed by atoms with van der Waals surface area (Å²) < 4.78 is 17.8. The molecule has 1 saturated heterocycles. The molecule has 7 heteroatoms. The molecule has 1 fully saturated rings. The van der Waals surface area contributed by atoms with Crippen molar-refractivity contribution in [1.82, 2.24) is 10.3 Å². The van der Waals surface area contributed by atoms with E-state index < -0.39 is 16.8 Å². The minimum absolute atomic E-state index is 0.161. The standard InChI is InChI=1S/C13H14N2O3S2/c1-18-13(16)10-7-20(17)6-9(14-10)12-15-8-4-2-3-5-11(8)19-12/h2-5,9-10,14H,6-7H2,1H3. The van der Waals surface area contributed by atoms with Gasteiger partial charge in [0.1, 0.15) is 11.0 Å². The molecule has 0 radical (unpaired) electrons. The maximum absolute atomic E-state index is 11.9. The smallest absolute Gasteiger partial charge is 0.323 e. The van der Waals surface area contributed by atoms with E-state index in [9.17, 15) is 9.00 Å². The minimum atomic E-state index is -1.04. The van der Waals surface area contributed by atoms with Crippen LogP contribution in [0.25, 0.3) is 10.2 Å². The first-order valence-corrected chi connectivity index (χ1v) is 8.52. The van der Waals surface area contributed by atoms with Gasteiger partial charge < -0.3 is 4.74 Å². The first kappa shape index (κ1) is 13.7. The summed E-state index contributed by atoms with van der Waals surface area (Å²) in [5, 5.41) is 4.06. The fraction of sp³-hybridized carbons (Fsp3) is 0.385. The molecule has 1 aromatic heterocycles. The molecule has 1 aliphatic heterocycles. The van der Waals surface area contributed by atoms with Crippen LogP contribution in [0.4, 0.5) is 0 Å². The number of rotatable bonds is 2. The van der Waals surface area contributed by atoms with Gasteiger partial charge in [-0.2, -0.15) is 0 Å².